The van der Waals surface area contributed by atoms with Crippen LogP contribution in [0.4, 0.5) is 5.69 Å². The summed E-state index contributed by atoms with van der Waals surface area (Å²) >= 11 is 0. The van der Waals surface area contributed by atoms with Crippen LogP contribution in [0.2, 0.25) is 0 Å². The molecule has 2 N–H and O–H groups in total. The molecule has 26 heavy (non-hydrogen) atoms. The molecule has 0 unspecified atom stereocenters. The molecule has 1 aromatic rings. The molecule has 0 aliphatic heterocycles. The summed E-state index contributed by atoms with van der Waals surface area (Å²) in [6, 6.07) is 7.88. The number of anilines is 1. The van der Waals surface area contributed by atoms with Crippen LogP contribution in [0, 0.1) is 0 Å². The van der Waals surface area contributed by atoms with Crippen molar-refractivity contribution in [1.82, 2.24) is 10.2 Å². The van der Waals surface area contributed by atoms with Gasteiger partial charge in [-0.2, -0.15) is 0 Å². The average Bonchev–Trinajstić information content (AvgIpc) is 2.66. The van der Waals surface area contributed by atoms with Crippen LogP contribution in [-0.4, -0.2) is 78.6 Å². The van der Waals surface area contributed by atoms with Crippen molar-refractivity contribution >= 4 is 11.6 Å². The first-order chi connectivity index (χ1) is 12.7. The van der Waals surface area contributed by atoms with Crippen molar-refractivity contribution in [3.8, 4) is 5.75 Å². The summed E-state index contributed by atoms with van der Waals surface area (Å²) in [6.45, 7) is 4.91. The second kappa shape index (κ2) is 14.4. The van der Waals surface area contributed by atoms with E-state index in [9.17, 15) is 0 Å². The predicted molar refractivity (Wildman–Crippen MR) is 107 cm³/mol. The van der Waals surface area contributed by atoms with Gasteiger partial charge in [0.15, 0.2) is 5.96 Å². The quantitative estimate of drug-likeness (QED) is 0.316. The number of methoxy groups -OCH3 is 2. The Labute approximate surface area is 157 Å². The van der Waals surface area contributed by atoms with E-state index in [0.717, 1.165) is 56.5 Å². The monoisotopic (exact) mass is 366 g/mol. The zero-order chi connectivity index (χ0) is 19.0. The third-order valence-corrected chi connectivity index (χ3v) is 3.77. The van der Waals surface area contributed by atoms with Crippen molar-refractivity contribution in [2.24, 2.45) is 4.99 Å². The Morgan fingerprint density at radius 1 is 1.08 bits per heavy atom. The van der Waals surface area contributed by atoms with E-state index < -0.39 is 0 Å². The fourth-order valence-corrected chi connectivity index (χ4v) is 2.29. The molecule has 0 atom stereocenters. The highest BCUT2D eigenvalue weighted by atomic mass is 16.5. The molecule has 1 rings (SSSR count). The van der Waals surface area contributed by atoms with Crippen molar-refractivity contribution in [2.75, 3.05) is 73.1 Å². The Bertz CT molecular complexity index is 511. The van der Waals surface area contributed by atoms with Crippen LogP contribution in [0.1, 0.15) is 12.8 Å². The van der Waals surface area contributed by atoms with Crippen LogP contribution in [0.5, 0.6) is 5.75 Å². The van der Waals surface area contributed by atoms with Crippen molar-refractivity contribution in [3.05, 3.63) is 24.3 Å². The van der Waals surface area contributed by atoms with E-state index in [1.165, 1.54) is 0 Å². The van der Waals surface area contributed by atoms with Gasteiger partial charge in [-0.25, -0.2) is 0 Å². The molecule has 0 saturated carbocycles. The molecule has 0 aromatic heterocycles. The Morgan fingerprint density at radius 3 is 2.62 bits per heavy atom. The lowest BCUT2D eigenvalue weighted by molar-refractivity contribution is 0.161. The van der Waals surface area contributed by atoms with Crippen LogP contribution in [0.15, 0.2) is 29.3 Å². The molecule has 0 spiro atoms. The second-order valence-electron chi connectivity index (χ2n) is 6.00. The molecule has 0 amide bonds. The molecule has 0 radical (unpaired) electrons. The molecule has 0 aliphatic carbocycles. The zero-order valence-electron chi connectivity index (χ0n) is 16.6. The van der Waals surface area contributed by atoms with Crippen LogP contribution in [-0.2, 0) is 9.47 Å². The fraction of sp³-hybridized carbons (Fsp3) is 0.632. The Balaban J connectivity index is 2.33. The van der Waals surface area contributed by atoms with E-state index in [0.29, 0.717) is 13.2 Å². The lowest BCUT2D eigenvalue weighted by Crippen LogP contribution is -2.33. The summed E-state index contributed by atoms with van der Waals surface area (Å²) in [5.41, 5.74) is 0.944. The molecule has 0 bridgehead atoms. The molecular formula is C19H34N4O3. The highest BCUT2D eigenvalue weighted by Gasteiger charge is 2.02. The predicted octanol–water partition coefficient (Wildman–Crippen LogP) is 2.06. The van der Waals surface area contributed by atoms with Gasteiger partial charge >= 0.3 is 0 Å². The molecule has 1 aromatic carbocycles. The van der Waals surface area contributed by atoms with E-state index in [1.54, 1.807) is 21.3 Å². The van der Waals surface area contributed by atoms with Crippen LogP contribution in [0.25, 0.3) is 0 Å². The van der Waals surface area contributed by atoms with Gasteiger partial charge < -0.3 is 29.7 Å². The van der Waals surface area contributed by atoms with Crippen molar-refractivity contribution < 1.29 is 14.2 Å². The largest absolute Gasteiger partial charge is 0.493 e. The topological polar surface area (TPSA) is 67.4 Å². The van der Waals surface area contributed by atoms with Gasteiger partial charge in [-0.05, 0) is 32.1 Å². The average molecular weight is 367 g/mol. The third kappa shape index (κ3) is 10.2. The zero-order valence-corrected chi connectivity index (χ0v) is 16.6. The maximum Gasteiger partial charge on any atom is 0.195 e. The molecule has 0 fully saturated rings. The smallest absolute Gasteiger partial charge is 0.195 e. The summed E-state index contributed by atoms with van der Waals surface area (Å²) in [4.78, 5) is 6.52. The standard InChI is InChI=1S/C19H34N4O3/c1-20-19(21-10-6-11-23(2)12-15-25-4)22-17-8-5-9-18(16-17)26-14-7-13-24-3/h5,8-9,16H,6-7,10-15H2,1-4H3,(H2,20,21,22). The summed E-state index contributed by atoms with van der Waals surface area (Å²) in [5.74, 6) is 1.59. The molecule has 0 heterocycles. The van der Waals surface area contributed by atoms with Crippen molar-refractivity contribution in [2.45, 2.75) is 12.8 Å². The summed E-state index contributed by atoms with van der Waals surface area (Å²) < 4.78 is 15.8. The number of aliphatic imine (C=N–C) groups is 1. The first kappa shape index (κ1) is 22.2. The minimum atomic E-state index is 0.640. The first-order valence-electron chi connectivity index (χ1n) is 9.06. The highest BCUT2D eigenvalue weighted by molar-refractivity contribution is 5.93. The normalized spacial score (nSPS) is 11.7. The number of nitrogens with zero attached hydrogens (tertiary/aromatic N) is 2. The van der Waals surface area contributed by atoms with Gasteiger partial charge in [0.1, 0.15) is 5.75 Å². The second-order valence-corrected chi connectivity index (χ2v) is 6.00. The van der Waals surface area contributed by atoms with E-state index in [-0.39, 0.29) is 0 Å². The van der Waals surface area contributed by atoms with E-state index in [1.807, 2.05) is 24.3 Å². The minimum absolute atomic E-state index is 0.640. The third-order valence-electron chi connectivity index (χ3n) is 3.77. The maximum atomic E-state index is 5.73. The van der Waals surface area contributed by atoms with Gasteiger partial charge in [0.05, 0.1) is 13.2 Å². The van der Waals surface area contributed by atoms with Crippen molar-refractivity contribution in [3.63, 3.8) is 0 Å². The van der Waals surface area contributed by atoms with Crippen LogP contribution in [0.3, 0.4) is 0 Å². The van der Waals surface area contributed by atoms with Crippen LogP contribution < -0.4 is 15.4 Å². The van der Waals surface area contributed by atoms with E-state index >= 15 is 0 Å². The molecule has 0 aliphatic rings. The minimum Gasteiger partial charge on any atom is -0.493 e. The number of hydrogen-bond donors (Lipinski definition) is 2. The molecule has 0 saturated heterocycles. The van der Waals surface area contributed by atoms with Gasteiger partial charge in [-0.15, -0.1) is 0 Å². The molecule has 7 heteroatoms. The molecular weight excluding hydrogens is 332 g/mol. The maximum absolute atomic E-state index is 5.73. The number of nitrogens with one attached hydrogen (secondary N) is 2. The van der Waals surface area contributed by atoms with Gasteiger partial charge in [0, 0.05) is 59.1 Å². The SMILES string of the molecule is CN=C(NCCCN(C)CCOC)Nc1cccc(OCCCOC)c1. The van der Waals surface area contributed by atoms with Gasteiger partial charge in [0.25, 0.3) is 0 Å². The number of ether oxygens (including phenoxy) is 3. The Hall–Kier alpha value is -1.83. The van der Waals surface area contributed by atoms with E-state index in [2.05, 4.69) is 27.6 Å². The first-order valence-corrected chi connectivity index (χ1v) is 9.06. The summed E-state index contributed by atoms with van der Waals surface area (Å²) in [6.07, 6.45) is 1.90. The summed E-state index contributed by atoms with van der Waals surface area (Å²) in [5, 5.41) is 6.63. The highest BCUT2D eigenvalue weighted by Crippen LogP contribution is 2.17. The Morgan fingerprint density at radius 2 is 1.88 bits per heavy atom. The number of guanidine groups is 1. The number of benzene rings is 1. The summed E-state index contributed by atoms with van der Waals surface area (Å²) in [7, 11) is 7.29. The van der Waals surface area contributed by atoms with Gasteiger partial charge in [-0.1, -0.05) is 6.07 Å². The van der Waals surface area contributed by atoms with Gasteiger partial charge in [0.2, 0.25) is 0 Å². The van der Waals surface area contributed by atoms with Crippen molar-refractivity contribution in [1.29, 1.82) is 0 Å². The molecule has 7 nitrogen and oxygen atoms in total. The number of rotatable bonds is 13. The van der Waals surface area contributed by atoms with E-state index in [4.69, 9.17) is 14.2 Å². The number of likely N-dealkylation sites (N-methyl/N-ethyl adjacent to an activating group) is 1. The molecule has 148 valence electrons. The van der Waals surface area contributed by atoms with Crippen LogP contribution >= 0.6 is 0 Å². The fourth-order valence-electron chi connectivity index (χ4n) is 2.29. The van der Waals surface area contributed by atoms with Gasteiger partial charge in [-0.3, -0.25) is 4.99 Å². The lowest BCUT2D eigenvalue weighted by atomic mass is 10.3. The lowest BCUT2D eigenvalue weighted by Gasteiger charge is -2.17. The number of hydrogen-bond acceptors (Lipinski definition) is 5. The Kier molecular flexibility index (Phi) is 12.3.